The van der Waals surface area contributed by atoms with Crippen LogP contribution in [0, 0.1) is 17.5 Å². The second-order valence-electron chi connectivity index (χ2n) is 6.37. The summed E-state index contributed by atoms with van der Waals surface area (Å²) in [6, 6.07) is 12.6. The molecule has 0 heterocycles. The molecule has 0 aromatic heterocycles. The molecule has 0 aliphatic carbocycles. The van der Waals surface area contributed by atoms with Crippen LogP contribution < -0.4 is 4.74 Å². The van der Waals surface area contributed by atoms with Crippen LogP contribution in [0.15, 0.2) is 54.6 Å². The van der Waals surface area contributed by atoms with Gasteiger partial charge in [0.1, 0.15) is 17.4 Å². The predicted octanol–water partition coefficient (Wildman–Crippen LogP) is 4.73. The van der Waals surface area contributed by atoms with E-state index in [1.165, 1.54) is 18.2 Å². The first kappa shape index (κ1) is 20.3. The summed E-state index contributed by atoms with van der Waals surface area (Å²) in [4.78, 5) is 10.6. The van der Waals surface area contributed by atoms with Crippen LogP contribution in [0.4, 0.5) is 13.2 Å². The van der Waals surface area contributed by atoms with E-state index in [9.17, 15) is 23.1 Å². The number of hydrogen-bond acceptors (Lipinski definition) is 3. The van der Waals surface area contributed by atoms with E-state index in [1.807, 2.05) is 0 Å². The lowest BCUT2D eigenvalue weighted by Crippen LogP contribution is -2.11. The Bertz CT molecular complexity index is 1050. The molecule has 4 nitrogen and oxygen atoms in total. The van der Waals surface area contributed by atoms with E-state index in [1.54, 1.807) is 24.3 Å². The topological polar surface area (TPSA) is 66.8 Å². The van der Waals surface area contributed by atoms with Crippen LogP contribution in [0.5, 0.6) is 11.5 Å². The highest BCUT2D eigenvalue weighted by atomic mass is 19.1. The van der Waals surface area contributed by atoms with Crippen molar-refractivity contribution < 1.29 is 32.9 Å². The number of aliphatic carboxylic acids is 1. The highest BCUT2D eigenvalue weighted by Crippen LogP contribution is 2.29. The van der Waals surface area contributed by atoms with Crippen LogP contribution in [0.1, 0.15) is 11.1 Å². The molecule has 0 amide bonds. The molecule has 0 unspecified atom stereocenters. The van der Waals surface area contributed by atoms with Crippen LogP contribution in [0.25, 0.3) is 11.1 Å². The van der Waals surface area contributed by atoms with Crippen molar-refractivity contribution in [2.75, 3.05) is 6.61 Å². The third kappa shape index (κ3) is 4.87. The standard InChI is InChI=1S/C22H17F3O4/c23-16-3-1-2-13(11-16)14-5-8-19(26)15(10-14)4-6-17-18(24)7-9-20(22(17)25)29-12-21(27)28/h1-3,5,7-11,26H,4,6,12H2,(H,27,28). The normalized spacial score (nSPS) is 10.7. The van der Waals surface area contributed by atoms with Crippen molar-refractivity contribution in [2.24, 2.45) is 0 Å². The summed E-state index contributed by atoms with van der Waals surface area (Å²) < 4.78 is 46.9. The third-order valence-electron chi connectivity index (χ3n) is 4.38. The molecule has 0 radical (unpaired) electrons. The van der Waals surface area contributed by atoms with E-state index in [0.717, 1.165) is 12.1 Å². The van der Waals surface area contributed by atoms with Crippen molar-refractivity contribution in [2.45, 2.75) is 12.8 Å². The number of halogens is 3. The molecule has 3 rings (SSSR count). The maximum absolute atomic E-state index is 14.5. The number of benzene rings is 3. The molecule has 3 aromatic carbocycles. The summed E-state index contributed by atoms with van der Waals surface area (Å²) >= 11 is 0. The van der Waals surface area contributed by atoms with Crippen molar-refractivity contribution in [3.63, 3.8) is 0 Å². The number of hydrogen-bond donors (Lipinski definition) is 2. The molecule has 0 fully saturated rings. The lowest BCUT2D eigenvalue weighted by Gasteiger charge is -2.12. The molecule has 0 saturated heterocycles. The number of rotatable bonds is 7. The summed E-state index contributed by atoms with van der Waals surface area (Å²) in [6.07, 6.45) is 0.00726. The van der Waals surface area contributed by atoms with Crippen LogP contribution in [-0.2, 0) is 17.6 Å². The van der Waals surface area contributed by atoms with Gasteiger partial charge in [0.25, 0.3) is 0 Å². The lowest BCUT2D eigenvalue weighted by molar-refractivity contribution is -0.139. The summed E-state index contributed by atoms with van der Waals surface area (Å²) in [5, 5.41) is 18.7. The molecule has 0 bridgehead atoms. The van der Waals surface area contributed by atoms with E-state index in [0.29, 0.717) is 16.7 Å². The zero-order valence-corrected chi connectivity index (χ0v) is 15.2. The Morgan fingerprint density at radius 2 is 1.69 bits per heavy atom. The number of phenols is 1. The average Bonchev–Trinajstić information content (AvgIpc) is 2.68. The predicted molar refractivity (Wildman–Crippen MR) is 100 cm³/mol. The van der Waals surface area contributed by atoms with Gasteiger partial charge in [-0.05, 0) is 65.9 Å². The van der Waals surface area contributed by atoms with Gasteiger partial charge in [0.15, 0.2) is 18.2 Å². The molecule has 150 valence electrons. The molecular weight excluding hydrogens is 385 g/mol. The molecule has 0 aliphatic rings. The van der Waals surface area contributed by atoms with Crippen molar-refractivity contribution in [3.05, 3.63) is 83.2 Å². The summed E-state index contributed by atoms with van der Waals surface area (Å²) in [7, 11) is 0. The quantitative estimate of drug-likeness (QED) is 0.600. The van der Waals surface area contributed by atoms with Crippen molar-refractivity contribution in [1.82, 2.24) is 0 Å². The molecule has 7 heteroatoms. The van der Waals surface area contributed by atoms with Gasteiger partial charge in [-0.25, -0.2) is 18.0 Å². The van der Waals surface area contributed by atoms with Gasteiger partial charge in [-0.3, -0.25) is 0 Å². The number of aromatic hydroxyl groups is 1. The Balaban J connectivity index is 1.83. The fourth-order valence-electron chi connectivity index (χ4n) is 2.95. The Kier molecular flexibility index (Phi) is 6.07. The first-order valence-corrected chi connectivity index (χ1v) is 8.74. The molecule has 0 spiro atoms. The van der Waals surface area contributed by atoms with Gasteiger partial charge < -0.3 is 14.9 Å². The fourth-order valence-corrected chi connectivity index (χ4v) is 2.95. The zero-order chi connectivity index (χ0) is 21.0. The second-order valence-corrected chi connectivity index (χ2v) is 6.37. The fraction of sp³-hybridized carbons (Fsp3) is 0.136. The van der Waals surface area contributed by atoms with Gasteiger partial charge in [-0.2, -0.15) is 0 Å². The first-order valence-electron chi connectivity index (χ1n) is 8.74. The maximum Gasteiger partial charge on any atom is 0.341 e. The Morgan fingerprint density at radius 3 is 2.41 bits per heavy atom. The van der Waals surface area contributed by atoms with Crippen LogP contribution in [-0.4, -0.2) is 22.8 Å². The summed E-state index contributed by atoms with van der Waals surface area (Å²) in [6.45, 7) is -0.752. The van der Waals surface area contributed by atoms with Crippen LogP contribution in [0.2, 0.25) is 0 Å². The third-order valence-corrected chi connectivity index (χ3v) is 4.38. The molecule has 0 atom stereocenters. The average molecular weight is 402 g/mol. The van der Waals surface area contributed by atoms with E-state index in [2.05, 4.69) is 0 Å². The molecule has 0 aliphatic heterocycles. The molecule has 29 heavy (non-hydrogen) atoms. The van der Waals surface area contributed by atoms with Crippen molar-refractivity contribution in [3.8, 4) is 22.6 Å². The highest BCUT2D eigenvalue weighted by molar-refractivity contribution is 5.68. The summed E-state index contributed by atoms with van der Waals surface area (Å²) in [5.74, 6) is -3.88. The van der Waals surface area contributed by atoms with Gasteiger partial charge in [0, 0.05) is 5.56 Å². The molecular formula is C22H17F3O4. The van der Waals surface area contributed by atoms with E-state index >= 15 is 0 Å². The first-order chi connectivity index (χ1) is 13.8. The van der Waals surface area contributed by atoms with E-state index in [4.69, 9.17) is 9.84 Å². The number of phenolic OH excluding ortho intramolecular Hbond substituents is 1. The second kappa shape index (κ2) is 8.68. The van der Waals surface area contributed by atoms with Gasteiger partial charge in [0.2, 0.25) is 0 Å². The number of ether oxygens (including phenoxy) is 1. The monoisotopic (exact) mass is 402 g/mol. The zero-order valence-electron chi connectivity index (χ0n) is 15.2. The van der Waals surface area contributed by atoms with Gasteiger partial charge in [-0.1, -0.05) is 18.2 Å². The minimum Gasteiger partial charge on any atom is -0.508 e. The van der Waals surface area contributed by atoms with Gasteiger partial charge in [0.05, 0.1) is 0 Å². The SMILES string of the molecule is O=C(O)COc1ccc(F)c(CCc2cc(-c3cccc(F)c3)ccc2O)c1F. The van der Waals surface area contributed by atoms with Gasteiger partial charge >= 0.3 is 5.97 Å². The smallest absolute Gasteiger partial charge is 0.341 e. The van der Waals surface area contributed by atoms with Crippen LogP contribution in [0.3, 0.4) is 0 Å². The lowest BCUT2D eigenvalue weighted by atomic mass is 9.98. The molecule has 0 saturated carbocycles. The minimum absolute atomic E-state index is 0.0516. The maximum atomic E-state index is 14.5. The van der Waals surface area contributed by atoms with E-state index in [-0.39, 0.29) is 29.9 Å². The highest BCUT2D eigenvalue weighted by Gasteiger charge is 2.16. The van der Waals surface area contributed by atoms with Crippen LogP contribution >= 0.6 is 0 Å². The van der Waals surface area contributed by atoms with Crippen molar-refractivity contribution >= 4 is 5.97 Å². The number of carboxylic acid groups (broad SMARTS) is 1. The number of carbonyl (C=O) groups is 1. The summed E-state index contributed by atoms with van der Waals surface area (Å²) in [5.41, 5.74) is 1.41. The van der Waals surface area contributed by atoms with Gasteiger partial charge in [-0.15, -0.1) is 0 Å². The minimum atomic E-state index is -1.28. The Hall–Kier alpha value is -3.48. The van der Waals surface area contributed by atoms with E-state index < -0.39 is 30.0 Å². The largest absolute Gasteiger partial charge is 0.508 e. The number of carboxylic acids is 1. The Labute approximate surface area is 164 Å². The molecule has 3 aromatic rings. The van der Waals surface area contributed by atoms with Crippen molar-refractivity contribution in [1.29, 1.82) is 0 Å². The Morgan fingerprint density at radius 1 is 0.931 bits per heavy atom. The number of aryl methyl sites for hydroxylation is 1. The molecule has 2 N–H and O–H groups in total.